The van der Waals surface area contributed by atoms with Crippen molar-refractivity contribution in [1.82, 2.24) is 14.4 Å². The van der Waals surface area contributed by atoms with E-state index in [1.54, 1.807) is 41.8 Å². The summed E-state index contributed by atoms with van der Waals surface area (Å²) < 4.78 is 32.8. The molecule has 3 heterocycles. The van der Waals surface area contributed by atoms with Gasteiger partial charge in [0.1, 0.15) is 10.6 Å². The number of benzene rings is 1. The number of aromatic nitrogens is 1. The van der Waals surface area contributed by atoms with Crippen LogP contribution in [0, 0.1) is 13.8 Å². The zero-order valence-electron chi connectivity index (χ0n) is 18.0. The Bertz CT molecular complexity index is 1170. The first-order valence-corrected chi connectivity index (χ1v) is 13.6. The third-order valence-corrected chi connectivity index (χ3v) is 9.70. The Balaban J connectivity index is 1.48. The maximum absolute atomic E-state index is 13.4. The highest BCUT2D eigenvalue weighted by atomic mass is 32.2. The fourth-order valence-corrected chi connectivity index (χ4v) is 7.37. The van der Waals surface area contributed by atoms with Gasteiger partial charge in [-0.25, -0.2) is 8.42 Å². The zero-order chi connectivity index (χ0) is 22.7. The average Bonchev–Trinajstić information content (AvgIpc) is 3.33. The van der Waals surface area contributed by atoms with Crippen molar-refractivity contribution in [3.05, 3.63) is 63.7 Å². The minimum atomic E-state index is -3.72. The van der Waals surface area contributed by atoms with Gasteiger partial charge < -0.3 is 9.42 Å². The van der Waals surface area contributed by atoms with E-state index in [0.717, 1.165) is 10.6 Å². The fraction of sp³-hybridized carbons (Fsp3) is 0.364. The van der Waals surface area contributed by atoms with Crippen LogP contribution in [0.5, 0.6) is 0 Å². The number of hydrogen-bond acceptors (Lipinski definition) is 7. The lowest BCUT2D eigenvalue weighted by atomic mass is 10.2. The molecule has 0 radical (unpaired) electrons. The highest BCUT2D eigenvalue weighted by molar-refractivity contribution is 7.98. The standard InChI is InChI=1S/C22H25N3O4S3/c1-16-21(17(2)29-23-16)32(27,28)25-11-6-10-24(12-13-25)22(26)19-8-3-4-9-20(19)31-15-18-7-5-14-30-18/h3-5,7-9,14H,6,10-13,15H2,1-2H3. The third kappa shape index (κ3) is 4.78. The molecular weight excluding hydrogens is 466 g/mol. The van der Waals surface area contributed by atoms with E-state index in [1.807, 2.05) is 35.7 Å². The van der Waals surface area contributed by atoms with Crippen molar-refractivity contribution in [2.45, 2.75) is 35.8 Å². The molecule has 0 atom stereocenters. The van der Waals surface area contributed by atoms with Crippen molar-refractivity contribution >= 4 is 39.0 Å². The predicted molar refractivity (Wildman–Crippen MR) is 126 cm³/mol. The second-order valence-corrected chi connectivity index (χ2v) is 11.5. The topological polar surface area (TPSA) is 83.7 Å². The molecule has 0 unspecified atom stereocenters. The van der Waals surface area contributed by atoms with Crippen LogP contribution in [0.15, 0.2) is 56.1 Å². The molecule has 1 aliphatic rings. The lowest BCUT2D eigenvalue weighted by Gasteiger charge is -2.22. The summed E-state index contributed by atoms with van der Waals surface area (Å²) in [5.74, 6) is 1.04. The maximum Gasteiger partial charge on any atom is 0.255 e. The molecule has 0 N–H and O–H groups in total. The highest BCUT2D eigenvalue weighted by Crippen LogP contribution is 2.29. The first-order valence-electron chi connectivity index (χ1n) is 10.3. The van der Waals surface area contributed by atoms with E-state index in [1.165, 1.54) is 9.18 Å². The van der Waals surface area contributed by atoms with Gasteiger partial charge in [0.2, 0.25) is 10.0 Å². The lowest BCUT2D eigenvalue weighted by molar-refractivity contribution is 0.0760. The number of hydrogen-bond donors (Lipinski definition) is 0. The number of thioether (sulfide) groups is 1. The van der Waals surface area contributed by atoms with Gasteiger partial charge in [0.25, 0.3) is 5.91 Å². The Hall–Kier alpha value is -2.14. The second-order valence-electron chi connectivity index (χ2n) is 7.57. The molecular formula is C22H25N3O4S3. The number of aryl methyl sites for hydroxylation is 2. The van der Waals surface area contributed by atoms with Gasteiger partial charge in [-0.15, -0.1) is 23.1 Å². The Morgan fingerprint density at radius 2 is 1.94 bits per heavy atom. The number of thiophene rings is 1. The van der Waals surface area contributed by atoms with Crippen molar-refractivity contribution in [2.24, 2.45) is 0 Å². The van der Waals surface area contributed by atoms with E-state index in [4.69, 9.17) is 4.52 Å². The second kappa shape index (κ2) is 9.78. The maximum atomic E-state index is 13.4. The molecule has 0 bridgehead atoms. The van der Waals surface area contributed by atoms with Crippen LogP contribution >= 0.6 is 23.1 Å². The fourth-order valence-electron chi connectivity index (χ4n) is 3.79. The summed E-state index contributed by atoms with van der Waals surface area (Å²) in [6.45, 7) is 4.67. The molecule has 0 spiro atoms. The Kier molecular flexibility index (Phi) is 7.04. The highest BCUT2D eigenvalue weighted by Gasteiger charge is 2.33. The molecule has 0 saturated carbocycles. The van der Waals surface area contributed by atoms with Gasteiger partial charge in [-0.2, -0.15) is 4.31 Å². The van der Waals surface area contributed by atoms with E-state index >= 15 is 0 Å². The van der Waals surface area contributed by atoms with E-state index in [2.05, 4.69) is 11.2 Å². The van der Waals surface area contributed by atoms with E-state index in [-0.39, 0.29) is 23.1 Å². The number of nitrogens with zero attached hydrogens (tertiary/aromatic N) is 3. The Morgan fingerprint density at radius 1 is 1.12 bits per heavy atom. The van der Waals surface area contributed by atoms with Gasteiger partial charge in [0, 0.05) is 41.7 Å². The molecule has 1 aromatic carbocycles. The summed E-state index contributed by atoms with van der Waals surface area (Å²) in [5, 5.41) is 5.83. The third-order valence-electron chi connectivity index (χ3n) is 5.38. The zero-order valence-corrected chi connectivity index (χ0v) is 20.4. The summed E-state index contributed by atoms with van der Waals surface area (Å²) in [4.78, 5) is 17.4. The minimum Gasteiger partial charge on any atom is -0.360 e. The molecule has 10 heteroatoms. The Labute approximate surface area is 196 Å². The van der Waals surface area contributed by atoms with Crippen molar-refractivity contribution in [3.63, 3.8) is 0 Å². The molecule has 32 heavy (non-hydrogen) atoms. The SMILES string of the molecule is Cc1noc(C)c1S(=O)(=O)N1CCCN(C(=O)c2ccccc2SCc2cccs2)CC1. The van der Waals surface area contributed by atoms with Crippen LogP contribution in [0.2, 0.25) is 0 Å². The van der Waals surface area contributed by atoms with Gasteiger partial charge >= 0.3 is 0 Å². The molecule has 3 aromatic rings. The van der Waals surface area contributed by atoms with Crippen molar-refractivity contribution < 1.29 is 17.7 Å². The molecule has 1 amide bonds. The lowest BCUT2D eigenvalue weighted by Crippen LogP contribution is -2.37. The number of sulfonamides is 1. The van der Waals surface area contributed by atoms with Crippen molar-refractivity contribution in [1.29, 1.82) is 0 Å². The largest absolute Gasteiger partial charge is 0.360 e. The molecule has 2 aromatic heterocycles. The van der Waals surface area contributed by atoms with Crippen LogP contribution in [0.3, 0.4) is 0 Å². The van der Waals surface area contributed by atoms with E-state index in [0.29, 0.717) is 37.3 Å². The number of carbonyl (C=O) groups excluding carboxylic acids is 1. The molecule has 4 rings (SSSR count). The van der Waals surface area contributed by atoms with E-state index in [9.17, 15) is 13.2 Å². The van der Waals surface area contributed by atoms with Crippen LogP contribution in [0.1, 0.15) is 33.1 Å². The molecule has 170 valence electrons. The summed E-state index contributed by atoms with van der Waals surface area (Å²) >= 11 is 3.35. The minimum absolute atomic E-state index is 0.0594. The number of amides is 1. The van der Waals surface area contributed by atoms with Crippen LogP contribution in [-0.4, -0.2) is 54.9 Å². The van der Waals surface area contributed by atoms with Crippen LogP contribution < -0.4 is 0 Å². The van der Waals surface area contributed by atoms with Crippen LogP contribution in [-0.2, 0) is 15.8 Å². The first-order chi connectivity index (χ1) is 15.4. The molecule has 1 saturated heterocycles. The molecule has 7 nitrogen and oxygen atoms in total. The monoisotopic (exact) mass is 491 g/mol. The van der Waals surface area contributed by atoms with Crippen LogP contribution in [0.4, 0.5) is 0 Å². The molecule has 1 aliphatic heterocycles. The van der Waals surface area contributed by atoms with Gasteiger partial charge in [0.15, 0.2) is 5.76 Å². The van der Waals surface area contributed by atoms with Crippen molar-refractivity contribution in [2.75, 3.05) is 26.2 Å². The van der Waals surface area contributed by atoms with Gasteiger partial charge in [-0.05, 0) is 43.8 Å². The molecule has 0 aliphatic carbocycles. The summed E-state index contributed by atoms with van der Waals surface area (Å²) in [5.41, 5.74) is 1.02. The van der Waals surface area contributed by atoms with Gasteiger partial charge in [0.05, 0.1) is 5.56 Å². The Morgan fingerprint density at radius 3 is 2.66 bits per heavy atom. The number of carbonyl (C=O) groups is 1. The average molecular weight is 492 g/mol. The number of rotatable bonds is 6. The summed E-state index contributed by atoms with van der Waals surface area (Å²) in [7, 11) is -3.72. The van der Waals surface area contributed by atoms with Gasteiger partial charge in [-0.3, -0.25) is 4.79 Å². The van der Waals surface area contributed by atoms with Crippen molar-refractivity contribution in [3.8, 4) is 0 Å². The summed E-state index contributed by atoms with van der Waals surface area (Å²) in [6, 6.07) is 11.7. The summed E-state index contributed by atoms with van der Waals surface area (Å²) in [6.07, 6.45) is 0.568. The van der Waals surface area contributed by atoms with Crippen LogP contribution in [0.25, 0.3) is 0 Å². The van der Waals surface area contributed by atoms with E-state index < -0.39 is 10.0 Å². The normalized spacial score (nSPS) is 15.6. The smallest absolute Gasteiger partial charge is 0.255 e. The van der Waals surface area contributed by atoms with Gasteiger partial charge in [-0.1, -0.05) is 23.4 Å². The molecule has 1 fully saturated rings. The quantitative estimate of drug-likeness (QED) is 0.481. The first kappa shape index (κ1) is 23.0. The predicted octanol–water partition coefficient (Wildman–Crippen LogP) is 4.18.